The van der Waals surface area contributed by atoms with E-state index in [4.69, 9.17) is 5.73 Å². The van der Waals surface area contributed by atoms with E-state index < -0.39 is 0 Å². The van der Waals surface area contributed by atoms with Gasteiger partial charge in [0, 0.05) is 19.1 Å². The number of likely N-dealkylation sites (tertiary alicyclic amines) is 1. The minimum Gasteiger partial charge on any atom is -0.351 e. The first-order valence-corrected chi connectivity index (χ1v) is 7.95. The van der Waals surface area contributed by atoms with Crippen molar-refractivity contribution in [2.45, 2.75) is 39.3 Å². The zero-order chi connectivity index (χ0) is 16.1. The van der Waals surface area contributed by atoms with Crippen molar-refractivity contribution in [2.24, 2.45) is 11.7 Å². The molecule has 1 heterocycles. The number of rotatable bonds is 5. The molecule has 0 spiro atoms. The monoisotopic (exact) mass is 307 g/mol. The van der Waals surface area contributed by atoms with Crippen LogP contribution in [0.1, 0.15) is 30.9 Å². The molecular formula is C17H26FN3O. The molecule has 0 aromatic heterocycles. The second-order valence-corrected chi connectivity index (χ2v) is 6.35. The van der Waals surface area contributed by atoms with E-state index in [1.54, 1.807) is 13.0 Å². The van der Waals surface area contributed by atoms with E-state index in [1.807, 2.05) is 6.07 Å². The van der Waals surface area contributed by atoms with Gasteiger partial charge < -0.3 is 11.1 Å². The maximum Gasteiger partial charge on any atom is 0.234 e. The minimum absolute atomic E-state index is 0.0333. The van der Waals surface area contributed by atoms with E-state index in [0.29, 0.717) is 31.1 Å². The molecule has 1 aromatic carbocycles. The summed E-state index contributed by atoms with van der Waals surface area (Å²) >= 11 is 0. The van der Waals surface area contributed by atoms with Crippen molar-refractivity contribution in [1.82, 2.24) is 10.2 Å². The molecule has 5 heteroatoms. The van der Waals surface area contributed by atoms with E-state index in [1.165, 1.54) is 6.07 Å². The van der Waals surface area contributed by atoms with Gasteiger partial charge in [0.1, 0.15) is 5.82 Å². The Kier molecular flexibility index (Phi) is 5.91. The molecule has 4 nitrogen and oxygen atoms in total. The number of carbonyl (C=O) groups excluding carboxylic acids is 1. The molecule has 1 amide bonds. The number of piperidine rings is 1. The molecule has 2 unspecified atom stereocenters. The molecule has 1 fully saturated rings. The third kappa shape index (κ3) is 4.52. The van der Waals surface area contributed by atoms with Gasteiger partial charge in [0.05, 0.1) is 6.54 Å². The smallest absolute Gasteiger partial charge is 0.234 e. The number of halogens is 1. The van der Waals surface area contributed by atoms with Crippen LogP contribution < -0.4 is 11.1 Å². The molecule has 0 aliphatic carbocycles. The van der Waals surface area contributed by atoms with Crippen LogP contribution in [0.4, 0.5) is 4.39 Å². The lowest BCUT2D eigenvalue weighted by Crippen LogP contribution is -2.50. The number of nitrogens with zero attached hydrogens (tertiary/aromatic N) is 1. The molecule has 0 bridgehead atoms. The van der Waals surface area contributed by atoms with Crippen LogP contribution in [0.3, 0.4) is 0 Å². The van der Waals surface area contributed by atoms with Crippen molar-refractivity contribution in [1.29, 1.82) is 0 Å². The lowest BCUT2D eigenvalue weighted by atomic mass is 9.92. The van der Waals surface area contributed by atoms with E-state index in [9.17, 15) is 9.18 Å². The van der Waals surface area contributed by atoms with Gasteiger partial charge >= 0.3 is 0 Å². The molecule has 0 saturated carbocycles. The van der Waals surface area contributed by atoms with Crippen molar-refractivity contribution in [2.75, 3.05) is 19.6 Å². The Bertz CT molecular complexity index is 521. The third-order valence-electron chi connectivity index (χ3n) is 4.44. The summed E-state index contributed by atoms with van der Waals surface area (Å²) in [6.07, 6.45) is 2.15. The van der Waals surface area contributed by atoms with Gasteiger partial charge in [-0.15, -0.1) is 0 Å². The molecule has 1 aliphatic heterocycles. The lowest BCUT2D eigenvalue weighted by Gasteiger charge is -2.37. The standard InChI is InChI=1S/C17H26FN3O/c1-12-5-6-21(15(7-12)9-19)11-17(22)20-10-14-4-3-13(2)16(18)8-14/h3-4,8,12,15H,5-7,9-11,19H2,1-2H3,(H,20,22). The summed E-state index contributed by atoms with van der Waals surface area (Å²) in [5.74, 6) is 0.400. The zero-order valence-electron chi connectivity index (χ0n) is 13.4. The van der Waals surface area contributed by atoms with Gasteiger partial charge in [0.25, 0.3) is 0 Å². The van der Waals surface area contributed by atoms with E-state index >= 15 is 0 Å². The van der Waals surface area contributed by atoms with Crippen molar-refractivity contribution in [3.63, 3.8) is 0 Å². The number of hydrogen-bond acceptors (Lipinski definition) is 3. The van der Waals surface area contributed by atoms with E-state index in [-0.39, 0.29) is 17.8 Å². The van der Waals surface area contributed by atoms with Crippen LogP contribution in [0.5, 0.6) is 0 Å². The van der Waals surface area contributed by atoms with E-state index in [0.717, 1.165) is 24.9 Å². The highest BCUT2D eigenvalue weighted by Gasteiger charge is 2.26. The Balaban J connectivity index is 1.83. The number of aryl methyl sites for hydroxylation is 1. The highest BCUT2D eigenvalue weighted by Crippen LogP contribution is 2.21. The Morgan fingerprint density at radius 1 is 1.50 bits per heavy atom. The predicted molar refractivity (Wildman–Crippen MR) is 85.8 cm³/mol. The number of nitrogens with two attached hydrogens (primary N) is 1. The van der Waals surface area contributed by atoms with Gasteiger partial charge in [-0.1, -0.05) is 19.1 Å². The fourth-order valence-electron chi connectivity index (χ4n) is 2.94. The number of benzene rings is 1. The van der Waals surface area contributed by atoms with Crippen LogP contribution in [0.15, 0.2) is 18.2 Å². The van der Waals surface area contributed by atoms with Gasteiger partial charge in [-0.25, -0.2) is 4.39 Å². The Morgan fingerprint density at radius 2 is 2.27 bits per heavy atom. The molecule has 22 heavy (non-hydrogen) atoms. The quantitative estimate of drug-likeness (QED) is 0.872. The van der Waals surface area contributed by atoms with Gasteiger partial charge in [-0.3, -0.25) is 9.69 Å². The molecule has 122 valence electrons. The van der Waals surface area contributed by atoms with Crippen LogP contribution >= 0.6 is 0 Å². The first kappa shape index (κ1) is 16.9. The normalized spacial score (nSPS) is 22.5. The summed E-state index contributed by atoms with van der Waals surface area (Å²) in [4.78, 5) is 14.2. The second-order valence-electron chi connectivity index (χ2n) is 6.35. The summed E-state index contributed by atoms with van der Waals surface area (Å²) in [5, 5.41) is 2.86. The van der Waals surface area contributed by atoms with Crippen LogP contribution in [0.2, 0.25) is 0 Å². The van der Waals surface area contributed by atoms with Crippen molar-refractivity contribution in [3.8, 4) is 0 Å². The van der Waals surface area contributed by atoms with Gasteiger partial charge in [-0.2, -0.15) is 0 Å². The molecule has 1 aliphatic rings. The maximum atomic E-state index is 13.5. The first-order chi connectivity index (χ1) is 10.5. The Hall–Kier alpha value is -1.46. The maximum absolute atomic E-state index is 13.5. The number of amides is 1. The summed E-state index contributed by atoms with van der Waals surface area (Å²) in [7, 11) is 0. The Labute approximate surface area is 131 Å². The predicted octanol–water partition coefficient (Wildman–Crippen LogP) is 1.81. The Morgan fingerprint density at radius 3 is 2.95 bits per heavy atom. The molecular weight excluding hydrogens is 281 g/mol. The zero-order valence-corrected chi connectivity index (χ0v) is 13.4. The van der Waals surface area contributed by atoms with Gasteiger partial charge in [0.2, 0.25) is 5.91 Å². The van der Waals surface area contributed by atoms with Crippen molar-refractivity contribution < 1.29 is 9.18 Å². The molecule has 1 saturated heterocycles. The average Bonchev–Trinajstić information content (AvgIpc) is 2.50. The van der Waals surface area contributed by atoms with E-state index in [2.05, 4.69) is 17.1 Å². The first-order valence-electron chi connectivity index (χ1n) is 7.95. The molecule has 0 radical (unpaired) electrons. The summed E-state index contributed by atoms with van der Waals surface area (Å²) in [6, 6.07) is 5.32. The fourth-order valence-corrected chi connectivity index (χ4v) is 2.94. The summed E-state index contributed by atoms with van der Waals surface area (Å²) in [6.45, 7) is 6.17. The molecule has 2 rings (SSSR count). The minimum atomic E-state index is -0.236. The topological polar surface area (TPSA) is 58.4 Å². The largest absolute Gasteiger partial charge is 0.351 e. The van der Waals surface area contributed by atoms with Gasteiger partial charge in [0.15, 0.2) is 0 Å². The van der Waals surface area contributed by atoms with Crippen LogP contribution in [0, 0.1) is 18.7 Å². The molecule has 2 atom stereocenters. The highest BCUT2D eigenvalue weighted by molar-refractivity contribution is 5.78. The molecule has 3 N–H and O–H groups in total. The van der Waals surface area contributed by atoms with Gasteiger partial charge in [-0.05, 0) is 49.4 Å². The average molecular weight is 307 g/mol. The fraction of sp³-hybridized carbons (Fsp3) is 0.588. The summed E-state index contributed by atoms with van der Waals surface area (Å²) < 4.78 is 13.5. The number of carbonyl (C=O) groups is 1. The number of nitrogens with one attached hydrogen (secondary N) is 1. The SMILES string of the molecule is Cc1ccc(CNC(=O)CN2CCC(C)CC2CN)cc1F. The molecule has 1 aromatic rings. The lowest BCUT2D eigenvalue weighted by molar-refractivity contribution is -0.123. The van der Waals surface area contributed by atoms with Crippen LogP contribution in [-0.2, 0) is 11.3 Å². The van der Waals surface area contributed by atoms with Crippen LogP contribution in [-0.4, -0.2) is 36.5 Å². The number of hydrogen-bond donors (Lipinski definition) is 2. The van der Waals surface area contributed by atoms with Crippen LogP contribution in [0.25, 0.3) is 0 Å². The second kappa shape index (κ2) is 7.70. The van der Waals surface area contributed by atoms with Crippen molar-refractivity contribution in [3.05, 3.63) is 35.1 Å². The third-order valence-corrected chi connectivity index (χ3v) is 4.44. The highest BCUT2D eigenvalue weighted by atomic mass is 19.1. The van der Waals surface area contributed by atoms with Crippen molar-refractivity contribution >= 4 is 5.91 Å². The summed E-state index contributed by atoms with van der Waals surface area (Å²) in [5.41, 5.74) is 7.20.